The maximum absolute atomic E-state index is 11.6. The molecule has 102 valence electrons. The van der Waals surface area contributed by atoms with E-state index in [1.807, 2.05) is 13.8 Å². The second-order valence-electron chi connectivity index (χ2n) is 5.34. The fraction of sp³-hybridized carbons (Fsp3) is 1.00. The van der Waals surface area contributed by atoms with Crippen LogP contribution < -0.4 is 4.72 Å². The van der Waals surface area contributed by atoms with Crippen LogP contribution in [0.25, 0.3) is 0 Å². The number of likely N-dealkylation sites (tertiary alicyclic amines) is 1. The first kappa shape index (κ1) is 14.9. The monoisotopic (exact) mass is 262 g/mol. The van der Waals surface area contributed by atoms with E-state index < -0.39 is 10.0 Å². The SMILES string of the molecule is CCCS(=O)(=O)N[C@@H](C)CN1CCC[C@@H](C)C1. The minimum Gasteiger partial charge on any atom is -0.301 e. The Morgan fingerprint density at radius 2 is 2.18 bits per heavy atom. The summed E-state index contributed by atoms with van der Waals surface area (Å²) in [5.41, 5.74) is 0. The van der Waals surface area contributed by atoms with Crippen LogP contribution in [0.1, 0.15) is 40.0 Å². The van der Waals surface area contributed by atoms with E-state index in [4.69, 9.17) is 0 Å². The summed E-state index contributed by atoms with van der Waals surface area (Å²) in [5, 5.41) is 0. The predicted octanol–water partition coefficient (Wildman–Crippen LogP) is 1.44. The molecule has 0 amide bonds. The van der Waals surface area contributed by atoms with E-state index in [9.17, 15) is 8.42 Å². The van der Waals surface area contributed by atoms with Crippen molar-refractivity contribution >= 4 is 10.0 Å². The zero-order valence-corrected chi connectivity index (χ0v) is 12.1. The number of rotatable bonds is 6. The number of sulfonamides is 1. The lowest BCUT2D eigenvalue weighted by Gasteiger charge is -2.32. The summed E-state index contributed by atoms with van der Waals surface area (Å²) in [7, 11) is -3.07. The van der Waals surface area contributed by atoms with Crippen LogP contribution in [0.15, 0.2) is 0 Å². The highest BCUT2D eigenvalue weighted by Crippen LogP contribution is 2.15. The molecule has 0 spiro atoms. The lowest BCUT2D eigenvalue weighted by Crippen LogP contribution is -2.45. The molecule has 0 aliphatic carbocycles. The van der Waals surface area contributed by atoms with Crippen LogP contribution in [-0.4, -0.2) is 44.7 Å². The van der Waals surface area contributed by atoms with Crippen molar-refractivity contribution < 1.29 is 8.42 Å². The third kappa shape index (κ3) is 5.84. The minimum absolute atomic E-state index is 0.0110. The zero-order chi connectivity index (χ0) is 12.9. The molecule has 4 nitrogen and oxygen atoms in total. The van der Waals surface area contributed by atoms with Crippen LogP contribution in [-0.2, 0) is 10.0 Å². The van der Waals surface area contributed by atoms with Gasteiger partial charge >= 0.3 is 0 Å². The van der Waals surface area contributed by atoms with Gasteiger partial charge in [-0.3, -0.25) is 0 Å². The normalized spacial score (nSPS) is 24.8. The van der Waals surface area contributed by atoms with Crippen LogP contribution in [0.2, 0.25) is 0 Å². The molecule has 0 aromatic heterocycles. The highest BCUT2D eigenvalue weighted by Gasteiger charge is 2.20. The zero-order valence-electron chi connectivity index (χ0n) is 11.3. The van der Waals surface area contributed by atoms with Crippen molar-refractivity contribution in [1.29, 1.82) is 0 Å². The van der Waals surface area contributed by atoms with Crippen molar-refractivity contribution in [3.63, 3.8) is 0 Å². The highest BCUT2D eigenvalue weighted by atomic mass is 32.2. The Hall–Kier alpha value is -0.130. The topological polar surface area (TPSA) is 49.4 Å². The van der Waals surface area contributed by atoms with E-state index in [1.54, 1.807) is 0 Å². The van der Waals surface area contributed by atoms with Gasteiger partial charge in [-0.1, -0.05) is 13.8 Å². The van der Waals surface area contributed by atoms with E-state index in [1.165, 1.54) is 12.8 Å². The molecule has 0 unspecified atom stereocenters. The molecular weight excluding hydrogens is 236 g/mol. The minimum atomic E-state index is -3.07. The van der Waals surface area contributed by atoms with Gasteiger partial charge in [0, 0.05) is 19.1 Å². The molecule has 17 heavy (non-hydrogen) atoms. The van der Waals surface area contributed by atoms with Gasteiger partial charge in [-0.05, 0) is 38.6 Å². The quantitative estimate of drug-likeness (QED) is 0.788. The van der Waals surface area contributed by atoms with Gasteiger partial charge in [0.15, 0.2) is 0 Å². The molecule has 1 heterocycles. The Morgan fingerprint density at radius 3 is 2.76 bits per heavy atom. The summed E-state index contributed by atoms with van der Waals surface area (Å²) in [6.45, 7) is 9.12. The standard InChI is InChI=1S/C12H26N2O2S/c1-4-8-17(15,16)13-12(3)10-14-7-5-6-11(2)9-14/h11-13H,4-10H2,1-3H3/t11-,12+/m1/s1. The molecule has 1 saturated heterocycles. The van der Waals surface area contributed by atoms with Crippen molar-refractivity contribution in [3.05, 3.63) is 0 Å². The number of hydrogen-bond donors (Lipinski definition) is 1. The molecule has 0 aromatic rings. The van der Waals surface area contributed by atoms with Crippen LogP contribution >= 0.6 is 0 Å². The van der Waals surface area contributed by atoms with Gasteiger partial charge in [-0.25, -0.2) is 13.1 Å². The van der Waals surface area contributed by atoms with Crippen molar-refractivity contribution in [2.24, 2.45) is 5.92 Å². The lowest BCUT2D eigenvalue weighted by molar-refractivity contribution is 0.174. The average Bonchev–Trinajstić information content (AvgIpc) is 2.15. The lowest BCUT2D eigenvalue weighted by atomic mass is 10.00. The van der Waals surface area contributed by atoms with E-state index in [2.05, 4.69) is 16.5 Å². The van der Waals surface area contributed by atoms with Crippen LogP contribution in [0.5, 0.6) is 0 Å². The molecule has 1 N–H and O–H groups in total. The van der Waals surface area contributed by atoms with Gasteiger partial charge < -0.3 is 4.90 Å². The number of piperidine rings is 1. The van der Waals surface area contributed by atoms with Gasteiger partial charge in [0.1, 0.15) is 0 Å². The summed E-state index contributed by atoms with van der Waals surface area (Å²) in [5.74, 6) is 0.969. The molecule has 1 aliphatic rings. The first-order chi connectivity index (χ1) is 7.93. The fourth-order valence-electron chi connectivity index (χ4n) is 2.51. The second kappa shape index (κ2) is 6.71. The predicted molar refractivity (Wildman–Crippen MR) is 71.5 cm³/mol. The van der Waals surface area contributed by atoms with Crippen molar-refractivity contribution in [1.82, 2.24) is 9.62 Å². The Labute approximate surface area is 106 Å². The van der Waals surface area contributed by atoms with Crippen LogP contribution in [0, 0.1) is 5.92 Å². The van der Waals surface area contributed by atoms with Gasteiger partial charge in [-0.15, -0.1) is 0 Å². The number of nitrogens with one attached hydrogen (secondary N) is 1. The Kier molecular flexibility index (Phi) is 5.89. The van der Waals surface area contributed by atoms with Crippen molar-refractivity contribution in [2.75, 3.05) is 25.4 Å². The van der Waals surface area contributed by atoms with E-state index in [-0.39, 0.29) is 11.8 Å². The maximum Gasteiger partial charge on any atom is 0.211 e. The Balaban J connectivity index is 2.36. The largest absolute Gasteiger partial charge is 0.301 e. The summed E-state index contributed by atoms with van der Waals surface area (Å²) in [6.07, 6.45) is 3.20. The van der Waals surface area contributed by atoms with Gasteiger partial charge in [-0.2, -0.15) is 0 Å². The van der Waals surface area contributed by atoms with E-state index in [0.717, 1.165) is 25.6 Å². The number of hydrogen-bond acceptors (Lipinski definition) is 3. The van der Waals surface area contributed by atoms with E-state index in [0.29, 0.717) is 6.42 Å². The van der Waals surface area contributed by atoms with Gasteiger partial charge in [0.05, 0.1) is 5.75 Å². The third-order valence-electron chi connectivity index (χ3n) is 3.13. The molecule has 0 bridgehead atoms. The fourth-order valence-corrected chi connectivity index (χ4v) is 3.85. The molecule has 0 radical (unpaired) electrons. The second-order valence-corrected chi connectivity index (χ2v) is 7.22. The summed E-state index contributed by atoms with van der Waals surface area (Å²) < 4.78 is 26.0. The third-order valence-corrected chi connectivity index (χ3v) is 4.83. The van der Waals surface area contributed by atoms with Crippen LogP contribution in [0.3, 0.4) is 0 Å². The summed E-state index contributed by atoms with van der Waals surface area (Å²) in [6, 6.07) is 0.0110. The first-order valence-corrected chi connectivity index (χ1v) is 8.30. The maximum atomic E-state index is 11.6. The molecule has 1 fully saturated rings. The Morgan fingerprint density at radius 1 is 1.47 bits per heavy atom. The molecule has 0 aromatic carbocycles. The molecule has 0 saturated carbocycles. The first-order valence-electron chi connectivity index (χ1n) is 6.65. The van der Waals surface area contributed by atoms with Gasteiger partial charge in [0.2, 0.25) is 10.0 Å². The van der Waals surface area contributed by atoms with Crippen molar-refractivity contribution in [2.45, 2.75) is 46.1 Å². The smallest absolute Gasteiger partial charge is 0.211 e. The van der Waals surface area contributed by atoms with Crippen LogP contribution in [0.4, 0.5) is 0 Å². The van der Waals surface area contributed by atoms with Crippen molar-refractivity contribution in [3.8, 4) is 0 Å². The molecule has 1 rings (SSSR count). The molecule has 5 heteroatoms. The molecule has 1 aliphatic heterocycles. The van der Waals surface area contributed by atoms with E-state index >= 15 is 0 Å². The molecular formula is C12H26N2O2S. The molecule has 2 atom stereocenters. The van der Waals surface area contributed by atoms with Gasteiger partial charge in [0.25, 0.3) is 0 Å². The average molecular weight is 262 g/mol. The highest BCUT2D eigenvalue weighted by molar-refractivity contribution is 7.89. The summed E-state index contributed by atoms with van der Waals surface area (Å²) >= 11 is 0. The number of nitrogens with zero attached hydrogens (tertiary/aromatic N) is 1. The summed E-state index contributed by atoms with van der Waals surface area (Å²) in [4.78, 5) is 2.37. The Bertz CT molecular complexity index is 316.